The summed E-state index contributed by atoms with van der Waals surface area (Å²) in [6.45, 7) is -0.534. The normalized spacial score (nSPS) is 11.9. The monoisotopic (exact) mass is 265 g/mol. The van der Waals surface area contributed by atoms with Gasteiger partial charge >= 0.3 is 12.3 Å². The Morgan fingerprint density at radius 3 is 2.72 bits per heavy atom. The van der Waals surface area contributed by atoms with Crippen molar-refractivity contribution < 1.29 is 27.1 Å². The molecule has 0 unspecified atom stereocenters. The predicted molar refractivity (Wildman–Crippen MR) is 55.1 cm³/mol. The lowest BCUT2D eigenvalue weighted by Gasteiger charge is -2.14. The summed E-state index contributed by atoms with van der Waals surface area (Å²) in [5, 5.41) is 0. The van der Waals surface area contributed by atoms with Crippen LogP contribution in [0.4, 0.5) is 17.6 Å². The van der Waals surface area contributed by atoms with Gasteiger partial charge in [0.15, 0.2) is 5.78 Å². The maximum atomic E-state index is 12.5. The first-order valence-corrected chi connectivity index (χ1v) is 5.02. The molecule has 0 N–H and O–H groups in total. The van der Waals surface area contributed by atoms with Gasteiger partial charge in [-0.1, -0.05) is 0 Å². The summed E-state index contributed by atoms with van der Waals surface area (Å²) in [7, 11) is 0. The van der Waals surface area contributed by atoms with Crippen LogP contribution in [0.3, 0.4) is 0 Å². The lowest BCUT2D eigenvalue weighted by molar-refractivity contribution is -0.163. The summed E-state index contributed by atoms with van der Waals surface area (Å²) in [4.78, 5) is 15.2. The molecule has 1 rings (SSSR count). The molecule has 0 aliphatic heterocycles. The number of carbonyl (C=O) groups excluding carboxylic acids is 1. The maximum absolute atomic E-state index is 12.5. The number of alkyl halides is 4. The SMILES string of the molecule is Cc1ccncc1C(=O)COCC(F)(F)C(F)F. The van der Waals surface area contributed by atoms with E-state index < -0.39 is 31.3 Å². The number of pyridine rings is 1. The number of rotatable bonds is 6. The Morgan fingerprint density at radius 2 is 2.17 bits per heavy atom. The van der Waals surface area contributed by atoms with Crippen LogP contribution in [0.5, 0.6) is 0 Å². The summed E-state index contributed by atoms with van der Waals surface area (Å²) >= 11 is 0. The van der Waals surface area contributed by atoms with E-state index in [-0.39, 0.29) is 5.56 Å². The minimum atomic E-state index is -4.25. The van der Waals surface area contributed by atoms with Crippen LogP contribution in [0.25, 0.3) is 0 Å². The molecule has 0 spiro atoms. The highest BCUT2D eigenvalue weighted by Gasteiger charge is 2.41. The fourth-order valence-corrected chi connectivity index (χ4v) is 1.18. The Balaban J connectivity index is 2.51. The second kappa shape index (κ2) is 5.90. The Hall–Kier alpha value is -1.50. The van der Waals surface area contributed by atoms with E-state index in [1.54, 1.807) is 13.0 Å². The van der Waals surface area contributed by atoms with Crippen molar-refractivity contribution in [3.05, 3.63) is 29.6 Å². The molecule has 0 aliphatic rings. The number of hydrogen-bond acceptors (Lipinski definition) is 3. The molecule has 1 aromatic rings. The van der Waals surface area contributed by atoms with Gasteiger partial charge in [0.2, 0.25) is 0 Å². The van der Waals surface area contributed by atoms with Crippen molar-refractivity contribution in [2.45, 2.75) is 19.3 Å². The molecule has 7 heteroatoms. The third kappa shape index (κ3) is 3.76. The number of Topliss-reactive ketones (excluding diaryl/α,β-unsaturated/α-hetero) is 1. The van der Waals surface area contributed by atoms with Gasteiger partial charge in [-0.2, -0.15) is 8.78 Å². The molecule has 0 aromatic carbocycles. The van der Waals surface area contributed by atoms with Crippen LogP contribution in [0, 0.1) is 6.92 Å². The van der Waals surface area contributed by atoms with E-state index in [0.29, 0.717) is 5.56 Å². The van der Waals surface area contributed by atoms with E-state index >= 15 is 0 Å². The van der Waals surface area contributed by atoms with Gasteiger partial charge in [0, 0.05) is 18.0 Å². The van der Waals surface area contributed by atoms with Gasteiger partial charge in [0.05, 0.1) is 0 Å². The highest BCUT2D eigenvalue weighted by molar-refractivity contribution is 5.98. The molecule has 0 atom stereocenters. The van der Waals surface area contributed by atoms with E-state index in [4.69, 9.17) is 0 Å². The van der Waals surface area contributed by atoms with Gasteiger partial charge < -0.3 is 4.74 Å². The molecule has 1 heterocycles. The smallest absolute Gasteiger partial charge is 0.330 e. The summed E-state index contributed by atoms with van der Waals surface area (Å²) in [5.41, 5.74) is 0.831. The van der Waals surface area contributed by atoms with E-state index in [2.05, 4.69) is 9.72 Å². The van der Waals surface area contributed by atoms with Crippen molar-refractivity contribution in [2.24, 2.45) is 0 Å². The van der Waals surface area contributed by atoms with Crippen molar-refractivity contribution >= 4 is 5.78 Å². The van der Waals surface area contributed by atoms with E-state index in [1.165, 1.54) is 12.4 Å². The Bertz CT molecular complexity index is 423. The topological polar surface area (TPSA) is 39.2 Å². The summed E-state index contributed by atoms with van der Waals surface area (Å²) in [6.07, 6.45) is -1.07. The van der Waals surface area contributed by atoms with E-state index in [1.807, 2.05) is 0 Å². The Kier molecular flexibility index (Phi) is 4.77. The quantitative estimate of drug-likeness (QED) is 0.586. The predicted octanol–water partition coefficient (Wildman–Crippen LogP) is 2.49. The highest BCUT2D eigenvalue weighted by Crippen LogP contribution is 2.22. The minimum Gasteiger partial charge on any atom is -0.367 e. The molecule has 3 nitrogen and oxygen atoms in total. The molecule has 100 valence electrons. The number of ketones is 1. The zero-order valence-corrected chi connectivity index (χ0v) is 9.50. The fourth-order valence-electron chi connectivity index (χ4n) is 1.18. The van der Waals surface area contributed by atoms with Crippen LogP contribution < -0.4 is 0 Å². The number of nitrogens with zero attached hydrogens (tertiary/aromatic N) is 1. The number of halogens is 4. The number of aromatic nitrogens is 1. The zero-order valence-electron chi connectivity index (χ0n) is 9.50. The summed E-state index contributed by atoms with van der Waals surface area (Å²) in [5.74, 6) is -4.82. The van der Waals surface area contributed by atoms with Gasteiger partial charge in [-0.25, -0.2) is 8.78 Å². The van der Waals surface area contributed by atoms with Crippen LogP contribution in [0.15, 0.2) is 18.5 Å². The Labute approximate surface area is 101 Å². The number of aryl methyl sites for hydroxylation is 1. The second-order valence-electron chi connectivity index (χ2n) is 3.67. The van der Waals surface area contributed by atoms with Crippen molar-refractivity contribution in [2.75, 3.05) is 13.2 Å². The number of carbonyl (C=O) groups is 1. The average molecular weight is 265 g/mol. The largest absolute Gasteiger partial charge is 0.367 e. The van der Waals surface area contributed by atoms with Crippen LogP contribution in [-0.2, 0) is 4.74 Å². The molecular weight excluding hydrogens is 254 g/mol. The lowest BCUT2D eigenvalue weighted by Crippen LogP contribution is -2.33. The molecule has 0 amide bonds. The van der Waals surface area contributed by atoms with Crippen LogP contribution in [0.1, 0.15) is 15.9 Å². The summed E-state index contributed by atoms with van der Waals surface area (Å²) in [6, 6.07) is 1.57. The minimum absolute atomic E-state index is 0.220. The number of ether oxygens (including phenoxy) is 1. The first kappa shape index (κ1) is 14.6. The standard InChI is InChI=1S/C11H11F4NO2/c1-7-2-3-16-4-8(7)9(17)5-18-6-11(14,15)10(12)13/h2-4,10H,5-6H2,1H3. The van der Waals surface area contributed by atoms with Crippen LogP contribution in [-0.4, -0.2) is 36.3 Å². The fraction of sp³-hybridized carbons (Fsp3) is 0.455. The van der Waals surface area contributed by atoms with E-state index in [0.717, 1.165) is 0 Å². The summed E-state index contributed by atoms with van der Waals surface area (Å²) < 4.78 is 52.9. The molecule has 0 saturated carbocycles. The van der Waals surface area contributed by atoms with Gasteiger partial charge in [0.25, 0.3) is 0 Å². The highest BCUT2D eigenvalue weighted by atomic mass is 19.3. The van der Waals surface area contributed by atoms with Crippen molar-refractivity contribution in [1.82, 2.24) is 4.98 Å². The Morgan fingerprint density at radius 1 is 1.50 bits per heavy atom. The van der Waals surface area contributed by atoms with Gasteiger partial charge in [-0.15, -0.1) is 0 Å². The van der Waals surface area contributed by atoms with Crippen molar-refractivity contribution in [3.8, 4) is 0 Å². The maximum Gasteiger partial charge on any atom is 0.330 e. The molecule has 0 aliphatic carbocycles. The first-order chi connectivity index (χ1) is 8.34. The second-order valence-corrected chi connectivity index (χ2v) is 3.67. The molecule has 0 bridgehead atoms. The van der Waals surface area contributed by atoms with Gasteiger partial charge in [-0.05, 0) is 18.6 Å². The number of hydrogen-bond donors (Lipinski definition) is 0. The molecule has 0 fully saturated rings. The van der Waals surface area contributed by atoms with Crippen molar-refractivity contribution in [1.29, 1.82) is 0 Å². The average Bonchev–Trinajstić information content (AvgIpc) is 2.29. The van der Waals surface area contributed by atoms with Crippen LogP contribution in [0.2, 0.25) is 0 Å². The molecule has 1 aromatic heterocycles. The zero-order chi connectivity index (χ0) is 13.8. The molecule has 0 radical (unpaired) electrons. The van der Waals surface area contributed by atoms with Gasteiger partial charge in [-0.3, -0.25) is 9.78 Å². The lowest BCUT2D eigenvalue weighted by atomic mass is 10.1. The third-order valence-electron chi connectivity index (χ3n) is 2.19. The van der Waals surface area contributed by atoms with Gasteiger partial charge in [0.1, 0.15) is 13.2 Å². The first-order valence-electron chi connectivity index (χ1n) is 5.02. The third-order valence-corrected chi connectivity index (χ3v) is 2.19. The van der Waals surface area contributed by atoms with Crippen molar-refractivity contribution in [3.63, 3.8) is 0 Å². The molecule has 18 heavy (non-hydrogen) atoms. The molecular formula is C11H11F4NO2. The molecule has 0 saturated heterocycles. The van der Waals surface area contributed by atoms with Crippen LogP contribution >= 0.6 is 0 Å². The van der Waals surface area contributed by atoms with E-state index in [9.17, 15) is 22.4 Å².